The SMILES string of the molecule is CC.N[C@@H](Cc1ccc(O)c(I)c1)C(=O)O. The third-order valence-corrected chi connectivity index (χ3v) is 2.65. The van der Waals surface area contributed by atoms with Crippen molar-refractivity contribution in [3.05, 3.63) is 27.3 Å². The minimum absolute atomic E-state index is 0.193. The Morgan fingerprint density at radius 3 is 2.50 bits per heavy atom. The van der Waals surface area contributed by atoms with E-state index in [1.807, 2.05) is 36.4 Å². The number of phenols is 1. The fourth-order valence-corrected chi connectivity index (χ4v) is 1.60. The van der Waals surface area contributed by atoms with Gasteiger partial charge >= 0.3 is 5.97 Å². The van der Waals surface area contributed by atoms with Gasteiger partial charge in [-0.15, -0.1) is 0 Å². The number of rotatable bonds is 3. The average Bonchev–Trinajstić information content (AvgIpc) is 2.26. The van der Waals surface area contributed by atoms with Gasteiger partial charge in [0.2, 0.25) is 0 Å². The van der Waals surface area contributed by atoms with E-state index in [1.165, 1.54) is 6.07 Å². The van der Waals surface area contributed by atoms with Crippen LogP contribution in [0.1, 0.15) is 19.4 Å². The number of halogens is 1. The van der Waals surface area contributed by atoms with Crippen LogP contribution in [0, 0.1) is 3.57 Å². The minimum Gasteiger partial charge on any atom is -0.507 e. The van der Waals surface area contributed by atoms with Gasteiger partial charge in [-0.1, -0.05) is 19.9 Å². The number of carbonyl (C=O) groups is 1. The number of aliphatic carboxylic acids is 1. The lowest BCUT2D eigenvalue weighted by Gasteiger charge is -2.07. The molecule has 0 radical (unpaired) electrons. The Kier molecular flexibility index (Phi) is 7.07. The first kappa shape index (κ1) is 15.2. The second-order valence-electron chi connectivity index (χ2n) is 2.93. The van der Waals surface area contributed by atoms with E-state index in [4.69, 9.17) is 10.8 Å². The van der Waals surface area contributed by atoms with Gasteiger partial charge in [-0.05, 0) is 46.7 Å². The molecular weight excluding hydrogens is 321 g/mol. The molecule has 5 heteroatoms. The second kappa shape index (κ2) is 7.45. The Morgan fingerprint density at radius 2 is 2.06 bits per heavy atom. The van der Waals surface area contributed by atoms with Crippen molar-refractivity contribution in [2.45, 2.75) is 26.3 Å². The van der Waals surface area contributed by atoms with Gasteiger partial charge in [0, 0.05) is 0 Å². The van der Waals surface area contributed by atoms with Gasteiger partial charge < -0.3 is 15.9 Å². The number of hydrogen-bond acceptors (Lipinski definition) is 3. The van der Waals surface area contributed by atoms with E-state index < -0.39 is 12.0 Å². The first-order valence-corrected chi connectivity index (χ1v) is 6.04. The summed E-state index contributed by atoms with van der Waals surface area (Å²) in [7, 11) is 0. The molecule has 0 amide bonds. The molecule has 0 unspecified atom stereocenters. The van der Waals surface area contributed by atoms with E-state index in [0.717, 1.165) is 5.56 Å². The summed E-state index contributed by atoms with van der Waals surface area (Å²) >= 11 is 1.98. The Hall–Kier alpha value is -0.820. The summed E-state index contributed by atoms with van der Waals surface area (Å²) in [5.41, 5.74) is 6.18. The van der Waals surface area contributed by atoms with Crippen molar-refractivity contribution in [3.63, 3.8) is 0 Å². The number of phenolic OH excluding ortho intramolecular Hbond substituents is 1. The Morgan fingerprint density at radius 1 is 1.50 bits per heavy atom. The van der Waals surface area contributed by atoms with Crippen LogP contribution >= 0.6 is 22.6 Å². The first-order valence-electron chi connectivity index (χ1n) is 4.96. The fourth-order valence-electron chi connectivity index (χ4n) is 1.02. The highest BCUT2D eigenvalue weighted by Crippen LogP contribution is 2.20. The van der Waals surface area contributed by atoms with Crippen molar-refractivity contribution < 1.29 is 15.0 Å². The number of nitrogens with two attached hydrogens (primary N) is 1. The van der Waals surface area contributed by atoms with Gasteiger partial charge in [0.05, 0.1) is 3.57 Å². The molecule has 0 bridgehead atoms. The summed E-state index contributed by atoms with van der Waals surface area (Å²) < 4.78 is 0.692. The van der Waals surface area contributed by atoms with Gasteiger partial charge in [-0.25, -0.2) is 0 Å². The highest BCUT2D eigenvalue weighted by molar-refractivity contribution is 14.1. The molecule has 90 valence electrons. The number of aromatic hydroxyl groups is 1. The van der Waals surface area contributed by atoms with E-state index >= 15 is 0 Å². The van der Waals surface area contributed by atoms with Gasteiger partial charge in [-0.2, -0.15) is 0 Å². The van der Waals surface area contributed by atoms with Gasteiger partial charge in [-0.3, -0.25) is 4.79 Å². The van der Waals surface area contributed by atoms with Crippen LogP contribution in [0.3, 0.4) is 0 Å². The zero-order chi connectivity index (χ0) is 12.7. The first-order chi connectivity index (χ1) is 7.50. The van der Waals surface area contributed by atoms with E-state index in [0.29, 0.717) is 3.57 Å². The van der Waals surface area contributed by atoms with E-state index in [-0.39, 0.29) is 12.2 Å². The highest BCUT2D eigenvalue weighted by atomic mass is 127. The fraction of sp³-hybridized carbons (Fsp3) is 0.364. The third kappa shape index (κ3) is 4.80. The van der Waals surface area contributed by atoms with Crippen LogP contribution in [-0.4, -0.2) is 22.2 Å². The quantitative estimate of drug-likeness (QED) is 0.737. The van der Waals surface area contributed by atoms with Gasteiger partial charge in [0.25, 0.3) is 0 Å². The molecule has 0 aromatic heterocycles. The van der Waals surface area contributed by atoms with Crippen LogP contribution in [-0.2, 0) is 11.2 Å². The maximum Gasteiger partial charge on any atom is 0.320 e. The molecule has 0 aliphatic carbocycles. The van der Waals surface area contributed by atoms with Crippen LogP contribution in [0.15, 0.2) is 18.2 Å². The molecule has 1 atom stereocenters. The van der Waals surface area contributed by atoms with Crippen molar-refractivity contribution in [3.8, 4) is 5.75 Å². The smallest absolute Gasteiger partial charge is 0.320 e. The molecular formula is C11H16INO3. The van der Waals surface area contributed by atoms with E-state index in [2.05, 4.69) is 0 Å². The van der Waals surface area contributed by atoms with Crippen LogP contribution in [0.5, 0.6) is 5.75 Å². The molecule has 16 heavy (non-hydrogen) atoms. The Balaban J connectivity index is 0.00000106. The van der Waals surface area contributed by atoms with Crippen molar-refractivity contribution in [2.75, 3.05) is 0 Å². The van der Waals surface area contributed by atoms with E-state index in [9.17, 15) is 9.90 Å². The lowest BCUT2D eigenvalue weighted by molar-refractivity contribution is -0.138. The highest BCUT2D eigenvalue weighted by Gasteiger charge is 2.12. The van der Waals surface area contributed by atoms with Crippen molar-refractivity contribution in [2.24, 2.45) is 5.73 Å². The molecule has 0 spiro atoms. The Labute approximate surface area is 109 Å². The third-order valence-electron chi connectivity index (χ3n) is 1.78. The molecule has 4 nitrogen and oxygen atoms in total. The van der Waals surface area contributed by atoms with Crippen LogP contribution < -0.4 is 5.73 Å². The molecule has 1 aromatic carbocycles. The molecule has 0 fully saturated rings. The zero-order valence-corrected chi connectivity index (χ0v) is 11.4. The molecule has 1 rings (SSSR count). The minimum atomic E-state index is -1.02. The average molecular weight is 337 g/mol. The molecule has 0 aliphatic rings. The Bertz CT molecular complexity index is 355. The van der Waals surface area contributed by atoms with E-state index in [1.54, 1.807) is 12.1 Å². The topological polar surface area (TPSA) is 83.5 Å². The monoisotopic (exact) mass is 337 g/mol. The lowest BCUT2D eigenvalue weighted by Crippen LogP contribution is -2.32. The van der Waals surface area contributed by atoms with Crippen LogP contribution in [0.25, 0.3) is 0 Å². The summed E-state index contributed by atoms with van der Waals surface area (Å²) in [4.78, 5) is 10.5. The molecule has 1 aromatic rings. The van der Waals surface area contributed by atoms with Crippen molar-refractivity contribution in [1.82, 2.24) is 0 Å². The number of carboxylic acid groups (broad SMARTS) is 1. The molecule has 0 saturated carbocycles. The molecule has 4 N–H and O–H groups in total. The second-order valence-corrected chi connectivity index (χ2v) is 4.10. The number of benzene rings is 1. The summed E-state index contributed by atoms with van der Waals surface area (Å²) in [6.45, 7) is 4.00. The van der Waals surface area contributed by atoms with Crippen LogP contribution in [0.4, 0.5) is 0 Å². The largest absolute Gasteiger partial charge is 0.507 e. The van der Waals surface area contributed by atoms with Crippen molar-refractivity contribution in [1.29, 1.82) is 0 Å². The number of carboxylic acids is 1. The summed E-state index contributed by atoms with van der Waals surface area (Å²) in [6, 6.07) is 4.03. The summed E-state index contributed by atoms with van der Waals surface area (Å²) in [6.07, 6.45) is 0.269. The van der Waals surface area contributed by atoms with Gasteiger partial charge in [0.15, 0.2) is 0 Å². The normalized spacial score (nSPS) is 11.2. The molecule has 0 saturated heterocycles. The standard InChI is InChI=1S/C9H10INO3.C2H6/c10-6-3-5(1-2-8(6)12)4-7(11)9(13)14;1-2/h1-3,7,12H,4,11H2,(H,13,14);1-2H3/t7-;/m0./s1. The summed E-state index contributed by atoms with van der Waals surface area (Å²) in [5, 5.41) is 17.8. The van der Waals surface area contributed by atoms with Crippen LogP contribution in [0.2, 0.25) is 0 Å². The molecule has 0 aliphatic heterocycles. The molecule has 0 heterocycles. The maximum absolute atomic E-state index is 10.5. The zero-order valence-electron chi connectivity index (χ0n) is 9.27. The van der Waals surface area contributed by atoms with Gasteiger partial charge in [0.1, 0.15) is 11.8 Å². The maximum atomic E-state index is 10.5. The number of hydrogen-bond donors (Lipinski definition) is 3. The lowest BCUT2D eigenvalue weighted by atomic mass is 10.1. The van der Waals surface area contributed by atoms with Crippen molar-refractivity contribution >= 4 is 28.6 Å². The predicted octanol–water partition coefficient (Wildman–Crippen LogP) is 1.98. The predicted molar refractivity (Wildman–Crippen MR) is 71.5 cm³/mol. The summed E-state index contributed by atoms with van der Waals surface area (Å²) in [5.74, 6) is -0.827.